The van der Waals surface area contributed by atoms with Gasteiger partial charge >= 0.3 is 0 Å². The smallest absolute Gasteiger partial charge is 0.283 e. The molecule has 9 nitrogen and oxygen atoms in total. The van der Waals surface area contributed by atoms with Crippen molar-refractivity contribution in [3.05, 3.63) is 91.5 Å². The fraction of sp³-hybridized carbons (Fsp3) is 0.0400. The summed E-state index contributed by atoms with van der Waals surface area (Å²) in [4.78, 5) is 50.8. The molecule has 0 saturated carbocycles. The number of methoxy groups -OCH3 is 1. The van der Waals surface area contributed by atoms with E-state index < -0.39 is 23.7 Å². The zero-order valence-corrected chi connectivity index (χ0v) is 22.1. The van der Waals surface area contributed by atoms with E-state index in [0.717, 1.165) is 11.0 Å². The normalized spacial score (nSPS) is 13.1. The average Bonchev–Trinajstić information content (AvgIpc) is 3.09. The molecule has 38 heavy (non-hydrogen) atoms. The van der Waals surface area contributed by atoms with Gasteiger partial charge in [-0.25, -0.2) is 4.90 Å². The maximum Gasteiger partial charge on any atom is 0.283 e. The van der Waals surface area contributed by atoms with Crippen molar-refractivity contribution in [2.24, 2.45) is 0 Å². The Kier molecular flexibility index (Phi) is 7.84. The van der Waals surface area contributed by atoms with E-state index in [9.17, 15) is 24.3 Å². The summed E-state index contributed by atoms with van der Waals surface area (Å²) in [7, 11) is 1.26. The number of carbonyl (C=O) groups excluding carboxylic acids is 4. The molecule has 3 aromatic rings. The number of hydrogen-bond donors (Lipinski definition) is 2. The minimum atomic E-state index is -1.50. The molecule has 0 aliphatic carbocycles. The monoisotopic (exact) mass is 592 g/mol. The Labute approximate surface area is 235 Å². The van der Waals surface area contributed by atoms with Gasteiger partial charge in [-0.2, -0.15) is 0 Å². The van der Waals surface area contributed by atoms with Gasteiger partial charge < -0.3 is 25.3 Å². The molecule has 1 aliphatic rings. The Balaban J connectivity index is 1.57. The molecule has 0 spiro atoms. The van der Waals surface area contributed by atoms with Crippen molar-refractivity contribution in [2.75, 3.05) is 22.6 Å². The molecule has 0 bridgehead atoms. The number of rotatable bonds is 7. The molecular formula is C25H14Cl4N3O6-. The number of aromatic carboxylic acids is 1. The van der Waals surface area contributed by atoms with Gasteiger partial charge in [0.25, 0.3) is 17.7 Å². The Hall–Kier alpha value is -3.76. The predicted octanol–water partition coefficient (Wildman–Crippen LogP) is 4.71. The molecule has 1 aliphatic heterocycles. The van der Waals surface area contributed by atoms with Crippen molar-refractivity contribution in [3.8, 4) is 5.75 Å². The summed E-state index contributed by atoms with van der Waals surface area (Å²) in [6.07, 6.45) is 0. The second-order valence-electron chi connectivity index (χ2n) is 7.71. The van der Waals surface area contributed by atoms with Crippen LogP contribution in [0.5, 0.6) is 5.75 Å². The highest BCUT2D eigenvalue weighted by Crippen LogP contribution is 2.36. The van der Waals surface area contributed by atoms with Crippen molar-refractivity contribution in [1.29, 1.82) is 0 Å². The Morgan fingerprint density at radius 3 is 2.34 bits per heavy atom. The molecule has 0 atom stereocenters. The van der Waals surface area contributed by atoms with E-state index in [1.807, 2.05) is 0 Å². The van der Waals surface area contributed by atoms with Crippen LogP contribution < -0.4 is 25.4 Å². The van der Waals surface area contributed by atoms with Crippen molar-refractivity contribution in [2.45, 2.75) is 0 Å². The van der Waals surface area contributed by atoms with E-state index in [1.54, 1.807) is 6.07 Å². The number of halogens is 4. The highest BCUT2D eigenvalue weighted by Gasteiger charge is 2.40. The number of nitrogens with one attached hydrogen (secondary N) is 2. The van der Waals surface area contributed by atoms with Gasteiger partial charge in [0, 0.05) is 27.9 Å². The number of amides is 3. The summed E-state index contributed by atoms with van der Waals surface area (Å²) < 4.78 is 5.03. The van der Waals surface area contributed by atoms with Gasteiger partial charge in [0.1, 0.15) is 16.5 Å². The highest BCUT2D eigenvalue weighted by molar-refractivity contribution is 6.54. The Morgan fingerprint density at radius 1 is 0.921 bits per heavy atom. The van der Waals surface area contributed by atoms with E-state index in [1.165, 1.54) is 49.6 Å². The van der Waals surface area contributed by atoms with Crippen LogP contribution in [0.2, 0.25) is 15.1 Å². The zero-order chi connectivity index (χ0) is 27.7. The number of carbonyl (C=O) groups is 4. The van der Waals surface area contributed by atoms with Crippen LogP contribution in [-0.4, -0.2) is 30.8 Å². The first kappa shape index (κ1) is 27.3. The maximum absolute atomic E-state index is 13.1. The van der Waals surface area contributed by atoms with Gasteiger partial charge in [-0.1, -0.05) is 52.5 Å². The summed E-state index contributed by atoms with van der Waals surface area (Å²) in [5.41, 5.74) is 0.0494. The summed E-state index contributed by atoms with van der Waals surface area (Å²) in [6.45, 7) is 0. The standard InChI is InChI=1S/C25H15Cl4N3O6/c1-38-19-10-17(16(28)9-14(19)25(36)37)31-22(33)11-3-2-4-13(7-11)30-21-20(29)23(34)32(24(21)35)18-8-12(26)5-6-15(18)27/h2-10,30H,1H3,(H,31,33)(H,36,37)/p-1. The molecule has 0 unspecified atom stereocenters. The van der Waals surface area contributed by atoms with Crippen LogP contribution in [0, 0.1) is 0 Å². The summed E-state index contributed by atoms with van der Waals surface area (Å²) in [6, 6.07) is 12.6. The number of anilines is 3. The minimum absolute atomic E-state index is 0.0561. The topological polar surface area (TPSA) is 128 Å². The predicted molar refractivity (Wildman–Crippen MR) is 142 cm³/mol. The molecule has 13 heteroatoms. The molecule has 3 aromatic carbocycles. The van der Waals surface area contributed by atoms with Gasteiger partial charge in [-0.05, 0) is 42.5 Å². The fourth-order valence-corrected chi connectivity index (χ4v) is 4.33. The largest absolute Gasteiger partial charge is 0.545 e. The third-order valence-corrected chi connectivity index (χ3v) is 6.55. The Morgan fingerprint density at radius 2 is 1.66 bits per heavy atom. The number of nitrogens with zero attached hydrogens (tertiary/aromatic N) is 1. The lowest BCUT2D eigenvalue weighted by molar-refractivity contribution is -0.255. The second-order valence-corrected chi connectivity index (χ2v) is 9.34. The number of ether oxygens (including phenoxy) is 1. The lowest BCUT2D eigenvalue weighted by Crippen LogP contribution is -2.32. The van der Waals surface area contributed by atoms with E-state index in [4.69, 9.17) is 51.1 Å². The van der Waals surface area contributed by atoms with Gasteiger partial charge in [0.05, 0.1) is 34.5 Å². The minimum Gasteiger partial charge on any atom is -0.545 e. The van der Waals surface area contributed by atoms with Gasteiger partial charge in [-0.15, -0.1) is 0 Å². The molecule has 0 aromatic heterocycles. The van der Waals surface area contributed by atoms with Gasteiger partial charge in [0.2, 0.25) is 0 Å². The second kappa shape index (κ2) is 10.9. The molecule has 0 saturated heterocycles. The van der Waals surface area contributed by atoms with Crippen LogP contribution in [-0.2, 0) is 9.59 Å². The lowest BCUT2D eigenvalue weighted by atomic mass is 10.1. The Bertz CT molecular complexity index is 1560. The molecule has 3 amide bonds. The lowest BCUT2D eigenvalue weighted by Gasteiger charge is -2.17. The van der Waals surface area contributed by atoms with Crippen molar-refractivity contribution < 1.29 is 29.0 Å². The SMILES string of the molecule is COc1cc(NC(=O)c2cccc(NC3=C(Cl)C(=O)N(c4cc(Cl)ccc4Cl)C3=O)c2)c(Cl)cc1C(=O)[O-]. The molecule has 4 rings (SSSR count). The van der Waals surface area contributed by atoms with Crippen LogP contribution in [0.25, 0.3) is 0 Å². The summed E-state index contributed by atoms with van der Waals surface area (Å²) >= 11 is 24.5. The van der Waals surface area contributed by atoms with E-state index >= 15 is 0 Å². The zero-order valence-electron chi connectivity index (χ0n) is 19.1. The van der Waals surface area contributed by atoms with E-state index in [0.29, 0.717) is 0 Å². The molecule has 194 valence electrons. The van der Waals surface area contributed by atoms with Crippen molar-refractivity contribution in [3.63, 3.8) is 0 Å². The quantitative estimate of drug-likeness (QED) is 0.380. The number of benzene rings is 3. The van der Waals surface area contributed by atoms with Crippen LogP contribution in [0.3, 0.4) is 0 Å². The highest BCUT2D eigenvalue weighted by atomic mass is 35.5. The third-order valence-electron chi connectivity index (χ3n) is 5.33. The number of carboxylic acids is 1. The van der Waals surface area contributed by atoms with Gasteiger partial charge in [-0.3, -0.25) is 14.4 Å². The fourth-order valence-electron chi connectivity index (χ4n) is 3.54. The molecule has 0 radical (unpaired) electrons. The number of carboxylic acid groups (broad SMARTS) is 1. The molecular weight excluding hydrogens is 580 g/mol. The van der Waals surface area contributed by atoms with Crippen LogP contribution in [0.4, 0.5) is 17.1 Å². The van der Waals surface area contributed by atoms with Crippen molar-refractivity contribution in [1.82, 2.24) is 0 Å². The third kappa shape index (κ3) is 5.27. The average molecular weight is 594 g/mol. The number of hydrogen-bond acceptors (Lipinski definition) is 7. The van der Waals surface area contributed by atoms with Crippen LogP contribution in [0.1, 0.15) is 20.7 Å². The molecule has 0 fully saturated rings. The number of imide groups is 1. The van der Waals surface area contributed by atoms with E-state index in [-0.39, 0.29) is 59.7 Å². The van der Waals surface area contributed by atoms with Crippen LogP contribution >= 0.6 is 46.4 Å². The van der Waals surface area contributed by atoms with Gasteiger partial charge in [0.15, 0.2) is 0 Å². The first-order valence-electron chi connectivity index (χ1n) is 10.5. The maximum atomic E-state index is 13.1. The van der Waals surface area contributed by atoms with E-state index in [2.05, 4.69) is 10.6 Å². The van der Waals surface area contributed by atoms with Crippen molar-refractivity contribution >= 4 is 87.2 Å². The molecule has 1 heterocycles. The first-order chi connectivity index (χ1) is 18.0. The summed E-state index contributed by atoms with van der Waals surface area (Å²) in [5.74, 6) is -3.74. The molecule has 2 N–H and O–H groups in total. The summed E-state index contributed by atoms with van der Waals surface area (Å²) in [5, 5.41) is 16.5. The van der Waals surface area contributed by atoms with Crippen LogP contribution in [0.15, 0.2) is 65.3 Å². The first-order valence-corrected chi connectivity index (χ1v) is 12.0.